The minimum atomic E-state index is -0.567. The van der Waals surface area contributed by atoms with Crippen molar-refractivity contribution in [3.63, 3.8) is 0 Å². The van der Waals surface area contributed by atoms with Gasteiger partial charge in [-0.3, -0.25) is 4.79 Å². The van der Waals surface area contributed by atoms with Crippen LogP contribution in [-0.4, -0.2) is 48.9 Å². The van der Waals surface area contributed by atoms with E-state index in [0.29, 0.717) is 54.6 Å². The Balaban J connectivity index is 1.44. The Morgan fingerprint density at radius 1 is 1.09 bits per heavy atom. The van der Waals surface area contributed by atoms with Crippen LogP contribution in [0.4, 0.5) is 31.7 Å². The number of amides is 1. The van der Waals surface area contributed by atoms with Gasteiger partial charge in [-0.1, -0.05) is 0 Å². The van der Waals surface area contributed by atoms with Crippen LogP contribution < -0.4 is 15.1 Å². The van der Waals surface area contributed by atoms with Gasteiger partial charge in [0.15, 0.2) is 0 Å². The molecular formula is C24H26F2N4O3. The van der Waals surface area contributed by atoms with Gasteiger partial charge < -0.3 is 24.6 Å². The Bertz CT molecular complexity index is 1080. The van der Waals surface area contributed by atoms with Crippen molar-refractivity contribution in [2.75, 3.05) is 34.9 Å². The van der Waals surface area contributed by atoms with Gasteiger partial charge in [-0.05, 0) is 44.2 Å². The average molecular weight is 456 g/mol. The van der Waals surface area contributed by atoms with E-state index in [1.54, 1.807) is 11.0 Å². The average Bonchev–Trinajstić information content (AvgIpc) is 3.00. The van der Waals surface area contributed by atoms with Gasteiger partial charge in [-0.15, -0.1) is 0 Å². The molecule has 2 aromatic rings. The molecule has 9 heteroatoms. The lowest BCUT2D eigenvalue weighted by Gasteiger charge is -2.46. The molecule has 1 aromatic heterocycles. The highest BCUT2D eigenvalue weighted by Crippen LogP contribution is 2.42. The molecule has 5 aliphatic heterocycles. The number of piperidine rings is 1. The van der Waals surface area contributed by atoms with E-state index >= 15 is 4.39 Å². The van der Waals surface area contributed by atoms with Crippen LogP contribution in [0, 0.1) is 11.6 Å². The molecule has 33 heavy (non-hydrogen) atoms. The highest BCUT2D eigenvalue weighted by molar-refractivity contribution is 6.01. The molecule has 5 aliphatic rings. The largest absolute Gasteiger partial charge is 0.374 e. The molecule has 7 nitrogen and oxygen atoms in total. The number of nitrogens with one attached hydrogen (secondary N) is 1. The Hall–Kier alpha value is -2.78. The van der Waals surface area contributed by atoms with Crippen LogP contribution in [0.3, 0.4) is 0 Å². The third kappa shape index (κ3) is 3.73. The first-order valence-corrected chi connectivity index (χ1v) is 11.6. The van der Waals surface area contributed by atoms with Crippen LogP contribution >= 0.6 is 0 Å². The second-order valence-corrected chi connectivity index (χ2v) is 9.23. The minimum absolute atomic E-state index is 0.0936. The van der Waals surface area contributed by atoms with E-state index in [-0.39, 0.29) is 30.4 Å². The molecule has 174 valence electrons. The van der Waals surface area contributed by atoms with Crippen molar-refractivity contribution in [1.82, 2.24) is 4.98 Å². The van der Waals surface area contributed by atoms with Crippen LogP contribution in [0.5, 0.6) is 0 Å². The number of hydrogen-bond donors (Lipinski definition) is 1. The summed E-state index contributed by atoms with van der Waals surface area (Å²) in [5.74, 6) is -0.647. The maximum Gasteiger partial charge on any atom is 0.256 e. The van der Waals surface area contributed by atoms with Gasteiger partial charge in [-0.2, -0.15) is 0 Å². The van der Waals surface area contributed by atoms with Gasteiger partial charge in [0.1, 0.15) is 23.6 Å². The third-order valence-electron chi connectivity index (χ3n) is 7.09. The van der Waals surface area contributed by atoms with Crippen molar-refractivity contribution in [2.24, 2.45) is 0 Å². The van der Waals surface area contributed by atoms with Crippen LogP contribution in [-0.2, 0) is 20.8 Å². The van der Waals surface area contributed by atoms with Crippen molar-refractivity contribution in [1.29, 1.82) is 0 Å². The first kappa shape index (κ1) is 20.8. The second kappa shape index (κ2) is 8.22. The molecule has 1 N–H and O–H groups in total. The van der Waals surface area contributed by atoms with E-state index in [1.807, 2.05) is 0 Å². The van der Waals surface area contributed by atoms with Crippen molar-refractivity contribution in [3.05, 3.63) is 41.6 Å². The molecule has 1 aromatic carbocycles. The molecule has 1 amide bonds. The normalized spacial score (nSPS) is 26.3. The van der Waals surface area contributed by atoms with Gasteiger partial charge in [0, 0.05) is 24.8 Å². The lowest BCUT2D eigenvalue weighted by atomic mass is 9.96. The topological polar surface area (TPSA) is 66.9 Å². The number of morpholine rings is 1. The molecule has 2 bridgehead atoms. The fourth-order valence-electron chi connectivity index (χ4n) is 5.34. The second-order valence-electron chi connectivity index (χ2n) is 9.23. The van der Waals surface area contributed by atoms with Crippen LogP contribution in [0.1, 0.15) is 37.7 Å². The number of hydrogen-bond acceptors (Lipinski definition) is 6. The number of benzene rings is 1. The molecule has 3 unspecified atom stereocenters. The maximum atomic E-state index is 15.4. The number of halogens is 2. The number of carbonyl (C=O) groups excluding carboxylic acids is 1. The summed E-state index contributed by atoms with van der Waals surface area (Å²) in [5.41, 5.74) is 1.96. The predicted octanol–water partition coefficient (Wildman–Crippen LogP) is 3.89. The number of fused-ring (bicyclic) bond motifs is 5. The zero-order valence-corrected chi connectivity index (χ0v) is 18.2. The van der Waals surface area contributed by atoms with Gasteiger partial charge in [0.25, 0.3) is 5.91 Å². The monoisotopic (exact) mass is 456 g/mol. The van der Waals surface area contributed by atoms with E-state index in [1.165, 1.54) is 12.1 Å². The molecule has 7 rings (SSSR count). The Labute approximate surface area is 190 Å². The fraction of sp³-hybridized carbons (Fsp3) is 0.500. The molecule has 0 radical (unpaired) electrons. The van der Waals surface area contributed by atoms with Crippen LogP contribution in [0.25, 0.3) is 0 Å². The zero-order valence-electron chi connectivity index (χ0n) is 18.2. The Morgan fingerprint density at radius 2 is 2.00 bits per heavy atom. The van der Waals surface area contributed by atoms with Gasteiger partial charge >= 0.3 is 0 Å². The number of ether oxygens (including phenoxy) is 2. The van der Waals surface area contributed by atoms with Crippen molar-refractivity contribution >= 4 is 28.8 Å². The molecule has 0 saturated carbocycles. The molecule has 0 spiro atoms. The van der Waals surface area contributed by atoms with Crippen molar-refractivity contribution in [3.8, 4) is 0 Å². The molecular weight excluding hydrogens is 430 g/mol. The number of anilines is 4. The summed E-state index contributed by atoms with van der Waals surface area (Å²) in [5, 5.41) is 3.13. The third-order valence-corrected chi connectivity index (χ3v) is 7.09. The Morgan fingerprint density at radius 3 is 2.73 bits per heavy atom. The first-order valence-electron chi connectivity index (χ1n) is 11.6. The smallest absolute Gasteiger partial charge is 0.256 e. The summed E-state index contributed by atoms with van der Waals surface area (Å²) < 4.78 is 41.0. The fourth-order valence-corrected chi connectivity index (χ4v) is 5.34. The van der Waals surface area contributed by atoms with Crippen molar-refractivity contribution in [2.45, 2.75) is 56.9 Å². The van der Waals surface area contributed by atoms with E-state index in [2.05, 4.69) is 15.2 Å². The van der Waals surface area contributed by atoms with Crippen LogP contribution in [0.15, 0.2) is 24.4 Å². The predicted molar refractivity (Wildman–Crippen MR) is 119 cm³/mol. The SMILES string of the molecule is O=C(C1CCCCO1)N1Cc2cc(F)cnc2Nc2cc(F)c(N3CC4CCC3CO4)cc21. The summed E-state index contributed by atoms with van der Waals surface area (Å²) in [6.07, 6.45) is 5.04. The molecule has 3 atom stereocenters. The van der Waals surface area contributed by atoms with E-state index in [0.717, 1.165) is 31.9 Å². The summed E-state index contributed by atoms with van der Waals surface area (Å²) >= 11 is 0. The van der Waals surface area contributed by atoms with Crippen molar-refractivity contribution < 1.29 is 23.0 Å². The number of pyridine rings is 1. The molecule has 6 heterocycles. The first-order chi connectivity index (χ1) is 16.1. The van der Waals surface area contributed by atoms with E-state index in [9.17, 15) is 9.18 Å². The van der Waals surface area contributed by atoms with Gasteiger partial charge in [-0.25, -0.2) is 13.8 Å². The summed E-state index contributed by atoms with van der Waals surface area (Å²) in [4.78, 5) is 21.4. The van der Waals surface area contributed by atoms with E-state index in [4.69, 9.17) is 9.47 Å². The summed E-state index contributed by atoms with van der Waals surface area (Å²) in [6.45, 7) is 1.86. The minimum Gasteiger partial charge on any atom is -0.374 e. The number of aromatic nitrogens is 1. The van der Waals surface area contributed by atoms with E-state index < -0.39 is 11.9 Å². The van der Waals surface area contributed by atoms with Gasteiger partial charge in [0.05, 0.1) is 48.6 Å². The number of nitrogens with zero attached hydrogens (tertiary/aromatic N) is 3. The summed E-state index contributed by atoms with van der Waals surface area (Å²) in [7, 11) is 0. The highest BCUT2D eigenvalue weighted by Gasteiger charge is 2.38. The number of rotatable bonds is 2. The number of carbonyl (C=O) groups is 1. The lowest BCUT2D eigenvalue weighted by Crippen LogP contribution is -2.54. The van der Waals surface area contributed by atoms with Crippen LogP contribution in [0.2, 0.25) is 0 Å². The maximum absolute atomic E-state index is 15.4. The summed E-state index contributed by atoms with van der Waals surface area (Å²) in [6, 6.07) is 4.62. The zero-order chi connectivity index (χ0) is 22.5. The molecule has 4 saturated heterocycles. The highest BCUT2D eigenvalue weighted by atomic mass is 19.1. The lowest BCUT2D eigenvalue weighted by molar-refractivity contribution is -0.132. The quantitative estimate of drug-likeness (QED) is 0.740. The van der Waals surface area contributed by atoms with Gasteiger partial charge in [0.2, 0.25) is 0 Å². The molecule has 0 aliphatic carbocycles. The standard InChI is InChI=1S/C24H26F2N4O3/c25-15-7-14-11-30(24(31)22-3-1-2-6-32-22)21-9-20(29-12-17-5-4-16(29)13-33-17)18(26)8-19(21)28-23(14)27-10-15/h7-10,16-17,22H,1-6,11-13H2,(H,27,28). The Kier molecular flexibility index (Phi) is 5.18. The molecule has 4 fully saturated rings.